The van der Waals surface area contributed by atoms with Crippen LogP contribution in [0.1, 0.15) is 84.7 Å². The molecule has 2 atom stereocenters. The molecule has 0 aromatic heterocycles. The van der Waals surface area contributed by atoms with Gasteiger partial charge in [-0.25, -0.2) is 0 Å². The molecule has 1 fully saturated rings. The first-order valence-electron chi connectivity index (χ1n) is 12.0. The average molecular weight is 508 g/mol. The summed E-state index contributed by atoms with van der Waals surface area (Å²) in [5.41, 5.74) is 1.23. The Labute approximate surface area is 183 Å². The molecule has 0 radical (unpaired) electrons. The summed E-state index contributed by atoms with van der Waals surface area (Å²) in [6.07, 6.45) is 7.68. The summed E-state index contributed by atoms with van der Waals surface area (Å²) in [6, 6.07) is 10.6. The standard InChI is InChI=1S/C13H16NO2.3C4H9.Sn/c1-10(2)8-14-12(9-16-13(14)15)11-6-4-3-5-7-11;3*1-3-4-2;/h3-8,10,12H,9H2,1-2H3;3*1,3-4H2,2H3;/t12-;;;;/m0..../s1. The number of hydrogen-bond donors (Lipinski definition) is 0. The fraction of sp³-hybridized carbons (Fsp3) is 0.720. The van der Waals surface area contributed by atoms with E-state index in [-0.39, 0.29) is 12.1 Å². The molecule has 1 aromatic carbocycles. The summed E-state index contributed by atoms with van der Waals surface area (Å²) < 4.78 is 10.4. The number of carbonyl (C=O) groups excluding carboxylic acids is 1. The van der Waals surface area contributed by atoms with E-state index in [4.69, 9.17) is 4.74 Å². The molecule has 1 aliphatic heterocycles. The van der Waals surface area contributed by atoms with Gasteiger partial charge in [0.2, 0.25) is 0 Å². The van der Waals surface area contributed by atoms with Crippen molar-refractivity contribution in [2.75, 3.05) is 6.61 Å². The first kappa shape index (κ1) is 24.6. The maximum absolute atomic E-state index is 13.1. The number of benzene rings is 1. The van der Waals surface area contributed by atoms with Crippen molar-refractivity contribution in [3.05, 3.63) is 35.9 Å². The van der Waals surface area contributed by atoms with E-state index in [1.807, 2.05) is 0 Å². The van der Waals surface area contributed by atoms with Crippen molar-refractivity contribution in [1.29, 1.82) is 0 Å². The summed E-state index contributed by atoms with van der Waals surface area (Å²) in [5, 5.41) is 0. The Bertz CT molecular complexity index is 582. The van der Waals surface area contributed by atoms with Crippen LogP contribution in [-0.4, -0.2) is 40.0 Å². The van der Waals surface area contributed by atoms with Crippen LogP contribution in [0.4, 0.5) is 4.79 Å². The molecule has 3 nitrogen and oxygen atoms in total. The van der Waals surface area contributed by atoms with Gasteiger partial charge in [0.05, 0.1) is 0 Å². The van der Waals surface area contributed by atoms with Crippen molar-refractivity contribution in [2.24, 2.45) is 5.92 Å². The van der Waals surface area contributed by atoms with Crippen LogP contribution < -0.4 is 0 Å². The van der Waals surface area contributed by atoms with Gasteiger partial charge >= 0.3 is 184 Å². The quantitative estimate of drug-likeness (QED) is 0.257. The van der Waals surface area contributed by atoms with Gasteiger partial charge in [-0.2, -0.15) is 0 Å². The van der Waals surface area contributed by atoms with Crippen molar-refractivity contribution >= 4 is 24.5 Å². The van der Waals surface area contributed by atoms with Crippen LogP contribution in [0.25, 0.3) is 0 Å². The molecule has 1 aliphatic rings. The maximum atomic E-state index is 13.1. The number of amides is 1. The second-order valence-corrected chi connectivity index (χ2v) is 23.0. The zero-order valence-electron chi connectivity index (χ0n) is 19.5. The van der Waals surface area contributed by atoms with Crippen LogP contribution in [0, 0.1) is 5.92 Å². The molecule has 1 aromatic rings. The van der Waals surface area contributed by atoms with E-state index < -0.39 is 18.4 Å². The van der Waals surface area contributed by atoms with Gasteiger partial charge < -0.3 is 0 Å². The fourth-order valence-corrected chi connectivity index (χ4v) is 25.7. The van der Waals surface area contributed by atoms with Gasteiger partial charge in [-0.15, -0.1) is 0 Å². The molecule has 0 saturated carbocycles. The van der Waals surface area contributed by atoms with E-state index in [1.54, 1.807) is 0 Å². The number of hydrogen-bond acceptors (Lipinski definition) is 2. The molecule has 4 heteroatoms. The SMILES string of the molecule is CCC[CH2][Sn]([CH2]CCC)([CH2]CCC)[C@@H](C(C)C)N1C(=O)OC[C@H]1c1ccccc1. The Kier molecular flexibility index (Phi) is 10.3. The van der Waals surface area contributed by atoms with Gasteiger partial charge in [0, 0.05) is 0 Å². The fourth-order valence-electron chi connectivity index (χ4n) is 5.40. The van der Waals surface area contributed by atoms with Crippen molar-refractivity contribution in [1.82, 2.24) is 4.90 Å². The Balaban J connectivity index is 2.49. The molecule has 0 spiro atoms. The number of carbonyl (C=O) groups is 1. The molecular weight excluding hydrogens is 465 g/mol. The molecule has 0 aliphatic carbocycles. The normalized spacial score (nSPS) is 18.3. The van der Waals surface area contributed by atoms with Crippen LogP contribution >= 0.6 is 0 Å². The van der Waals surface area contributed by atoms with E-state index in [2.05, 4.69) is 69.9 Å². The van der Waals surface area contributed by atoms with Gasteiger partial charge in [-0.05, 0) is 0 Å². The minimum absolute atomic E-state index is 0.0666. The van der Waals surface area contributed by atoms with E-state index in [1.165, 1.54) is 57.4 Å². The van der Waals surface area contributed by atoms with Crippen LogP contribution in [-0.2, 0) is 4.74 Å². The minimum atomic E-state index is -2.67. The predicted molar refractivity (Wildman–Crippen MR) is 126 cm³/mol. The van der Waals surface area contributed by atoms with Gasteiger partial charge in [0.25, 0.3) is 0 Å². The molecular formula is C25H43NO2Sn. The van der Waals surface area contributed by atoms with Crippen LogP contribution in [0.15, 0.2) is 30.3 Å². The first-order valence-corrected chi connectivity index (χ1v) is 19.7. The monoisotopic (exact) mass is 509 g/mol. The van der Waals surface area contributed by atoms with Crippen LogP contribution in [0.2, 0.25) is 13.3 Å². The molecule has 29 heavy (non-hydrogen) atoms. The molecule has 2 rings (SSSR count). The topological polar surface area (TPSA) is 29.5 Å². The first-order chi connectivity index (χ1) is 14.0. The van der Waals surface area contributed by atoms with Crippen molar-refractivity contribution < 1.29 is 9.53 Å². The molecule has 1 amide bonds. The third-order valence-electron chi connectivity index (χ3n) is 6.74. The average Bonchev–Trinajstić information content (AvgIpc) is 3.10. The zero-order valence-corrected chi connectivity index (χ0v) is 22.3. The molecule has 164 valence electrons. The summed E-state index contributed by atoms with van der Waals surface area (Å²) in [7, 11) is 0. The van der Waals surface area contributed by atoms with Gasteiger partial charge in [0.1, 0.15) is 0 Å². The number of unbranched alkanes of at least 4 members (excludes halogenated alkanes) is 3. The number of nitrogens with zero attached hydrogens (tertiary/aromatic N) is 1. The van der Waals surface area contributed by atoms with Crippen molar-refractivity contribution in [3.63, 3.8) is 0 Å². The van der Waals surface area contributed by atoms with Crippen molar-refractivity contribution in [3.8, 4) is 0 Å². The summed E-state index contributed by atoms with van der Waals surface area (Å²) in [4.78, 5) is 15.3. The Hall–Kier alpha value is -0.711. The van der Waals surface area contributed by atoms with E-state index >= 15 is 0 Å². The number of cyclic esters (lactones) is 1. The zero-order chi connectivity index (χ0) is 21.3. The van der Waals surface area contributed by atoms with Gasteiger partial charge in [0.15, 0.2) is 0 Å². The summed E-state index contributed by atoms with van der Waals surface area (Å²) >= 11 is -2.67. The Morgan fingerprint density at radius 3 is 1.93 bits per heavy atom. The van der Waals surface area contributed by atoms with E-state index in [0.29, 0.717) is 16.6 Å². The van der Waals surface area contributed by atoms with Crippen molar-refractivity contribution in [2.45, 2.75) is 96.6 Å². The molecule has 0 bridgehead atoms. The van der Waals surface area contributed by atoms with Gasteiger partial charge in [-0.1, -0.05) is 0 Å². The van der Waals surface area contributed by atoms with E-state index in [0.717, 1.165) is 0 Å². The predicted octanol–water partition coefficient (Wildman–Crippen LogP) is 7.59. The third kappa shape index (κ3) is 6.15. The number of rotatable bonds is 13. The Morgan fingerprint density at radius 2 is 1.48 bits per heavy atom. The second kappa shape index (κ2) is 12.2. The summed E-state index contributed by atoms with van der Waals surface area (Å²) in [5.74, 6) is 0.494. The molecule has 1 heterocycles. The van der Waals surface area contributed by atoms with Gasteiger partial charge in [-0.3, -0.25) is 0 Å². The summed E-state index contributed by atoms with van der Waals surface area (Å²) in [6.45, 7) is 12.2. The number of ether oxygens (including phenoxy) is 1. The van der Waals surface area contributed by atoms with Crippen LogP contribution in [0.5, 0.6) is 0 Å². The van der Waals surface area contributed by atoms with Crippen LogP contribution in [0.3, 0.4) is 0 Å². The third-order valence-corrected chi connectivity index (χ3v) is 24.6. The van der Waals surface area contributed by atoms with E-state index in [9.17, 15) is 4.79 Å². The Morgan fingerprint density at radius 1 is 0.966 bits per heavy atom. The molecule has 1 saturated heterocycles. The molecule has 0 unspecified atom stereocenters. The molecule has 0 N–H and O–H groups in total. The second-order valence-electron chi connectivity index (χ2n) is 9.27.